The largest absolute Gasteiger partial charge is 0.327 e. The zero-order valence-corrected chi connectivity index (χ0v) is 17.3. The van der Waals surface area contributed by atoms with Crippen molar-refractivity contribution in [3.8, 4) is 11.4 Å². The van der Waals surface area contributed by atoms with E-state index in [1.807, 2.05) is 31.2 Å². The van der Waals surface area contributed by atoms with Crippen LogP contribution >= 0.6 is 0 Å². The summed E-state index contributed by atoms with van der Waals surface area (Å²) in [7, 11) is 0. The third-order valence-electron chi connectivity index (χ3n) is 5.40. The molecule has 1 aliphatic rings. The summed E-state index contributed by atoms with van der Waals surface area (Å²) in [5.41, 5.74) is 2.36. The van der Waals surface area contributed by atoms with E-state index in [1.165, 1.54) is 6.07 Å². The number of aromatic amines is 1. The first-order valence-corrected chi connectivity index (χ1v) is 10.4. The van der Waals surface area contributed by atoms with Crippen LogP contribution in [0.3, 0.4) is 0 Å². The van der Waals surface area contributed by atoms with Crippen molar-refractivity contribution in [3.63, 3.8) is 0 Å². The first-order chi connectivity index (χ1) is 15.0. The number of nitrogens with one attached hydrogen (secondary N) is 2. The van der Waals surface area contributed by atoms with Crippen LogP contribution in [0.2, 0.25) is 0 Å². The van der Waals surface area contributed by atoms with Gasteiger partial charge >= 0.3 is 0 Å². The van der Waals surface area contributed by atoms with Crippen molar-refractivity contribution >= 4 is 17.5 Å². The van der Waals surface area contributed by atoms with Crippen LogP contribution in [0.15, 0.2) is 65.5 Å². The number of amides is 2. The van der Waals surface area contributed by atoms with Crippen LogP contribution in [0.1, 0.15) is 35.8 Å². The average Bonchev–Trinajstić information content (AvgIpc) is 3.29. The molecule has 1 atom stereocenters. The number of nitrogens with zero attached hydrogens (tertiary/aromatic N) is 2. The van der Waals surface area contributed by atoms with Gasteiger partial charge in [-0.3, -0.25) is 14.4 Å². The van der Waals surface area contributed by atoms with Crippen LogP contribution in [-0.4, -0.2) is 39.3 Å². The van der Waals surface area contributed by atoms with Gasteiger partial charge in [-0.2, -0.15) is 0 Å². The molecule has 0 spiro atoms. The second-order valence-corrected chi connectivity index (χ2v) is 7.53. The molecule has 1 aliphatic heterocycles. The predicted molar refractivity (Wildman–Crippen MR) is 119 cm³/mol. The monoisotopic (exact) mass is 416 g/mol. The molecule has 0 bridgehead atoms. The number of likely N-dealkylation sites (tertiary alicyclic amines) is 1. The summed E-state index contributed by atoms with van der Waals surface area (Å²) in [4.78, 5) is 46.6. The molecule has 7 heteroatoms. The van der Waals surface area contributed by atoms with Gasteiger partial charge in [0.05, 0.1) is 0 Å². The predicted octanol–water partition coefficient (Wildman–Crippen LogP) is 3.24. The van der Waals surface area contributed by atoms with Crippen molar-refractivity contribution in [2.45, 2.75) is 32.2 Å². The molecule has 158 valence electrons. The molecule has 0 saturated carbocycles. The van der Waals surface area contributed by atoms with Gasteiger partial charge in [-0.25, -0.2) is 4.98 Å². The molecule has 1 fully saturated rings. The van der Waals surface area contributed by atoms with Gasteiger partial charge in [0.25, 0.3) is 11.5 Å². The minimum Gasteiger partial charge on any atom is -0.327 e. The SMILES string of the molecule is CCc1cc(=O)[nH]c(-c2cccc(NC(=O)C3CCCN3C(=O)c3ccccc3)c2)n1. The van der Waals surface area contributed by atoms with E-state index in [9.17, 15) is 14.4 Å². The minimum absolute atomic E-state index is 0.134. The van der Waals surface area contributed by atoms with Gasteiger partial charge in [0.1, 0.15) is 11.9 Å². The number of carbonyl (C=O) groups is 2. The lowest BCUT2D eigenvalue weighted by Crippen LogP contribution is -2.43. The van der Waals surface area contributed by atoms with E-state index in [0.29, 0.717) is 47.7 Å². The van der Waals surface area contributed by atoms with Crippen molar-refractivity contribution in [2.75, 3.05) is 11.9 Å². The van der Waals surface area contributed by atoms with Crippen molar-refractivity contribution in [3.05, 3.63) is 82.3 Å². The molecular weight excluding hydrogens is 392 g/mol. The van der Waals surface area contributed by atoms with E-state index in [0.717, 1.165) is 6.42 Å². The number of rotatable bonds is 5. The third-order valence-corrected chi connectivity index (χ3v) is 5.40. The topological polar surface area (TPSA) is 95.2 Å². The first-order valence-electron chi connectivity index (χ1n) is 10.4. The molecular formula is C24H24N4O3. The highest BCUT2D eigenvalue weighted by Gasteiger charge is 2.34. The Kier molecular flexibility index (Phi) is 5.93. The summed E-state index contributed by atoms with van der Waals surface area (Å²) in [6.07, 6.45) is 2.06. The van der Waals surface area contributed by atoms with Crippen LogP contribution in [0.4, 0.5) is 5.69 Å². The number of anilines is 1. The van der Waals surface area contributed by atoms with E-state index >= 15 is 0 Å². The smallest absolute Gasteiger partial charge is 0.254 e. The molecule has 0 radical (unpaired) electrons. The quantitative estimate of drug-likeness (QED) is 0.668. The fraction of sp³-hybridized carbons (Fsp3) is 0.250. The lowest BCUT2D eigenvalue weighted by molar-refractivity contribution is -0.119. The standard InChI is InChI=1S/C24H24N4O3/c1-2-18-15-21(29)27-22(25-18)17-10-6-11-19(14-17)26-23(30)20-12-7-13-28(20)24(31)16-8-4-3-5-9-16/h3-6,8-11,14-15,20H,2,7,12-13H2,1H3,(H,26,30)(H,25,27,29). The molecule has 2 N–H and O–H groups in total. The van der Waals surface area contributed by atoms with Gasteiger partial charge in [0.2, 0.25) is 5.91 Å². The molecule has 1 aromatic heterocycles. The molecule has 1 unspecified atom stereocenters. The number of hydrogen-bond acceptors (Lipinski definition) is 4. The van der Waals surface area contributed by atoms with E-state index in [1.54, 1.807) is 35.2 Å². The summed E-state index contributed by atoms with van der Waals surface area (Å²) in [6, 6.07) is 17.1. The Morgan fingerprint density at radius 2 is 1.94 bits per heavy atom. The van der Waals surface area contributed by atoms with Crippen LogP contribution in [0, 0.1) is 0 Å². The molecule has 4 rings (SSSR count). The summed E-state index contributed by atoms with van der Waals surface area (Å²) in [6.45, 7) is 2.49. The van der Waals surface area contributed by atoms with Gasteiger partial charge in [-0.05, 0) is 43.5 Å². The third kappa shape index (κ3) is 4.55. The molecule has 31 heavy (non-hydrogen) atoms. The maximum absolute atomic E-state index is 13.0. The van der Waals surface area contributed by atoms with E-state index in [2.05, 4.69) is 15.3 Å². The Labute approximate surface area is 180 Å². The number of aromatic nitrogens is 2. The van der Waals surface area contributed by atoms with E-state index in [4.69, 9.17) is 0 Å². The fourth-order valence-electron chi connectivity index (χ4n) is 3.82. The number of hydrogen-bond donors (Lipinski definition) is 2. The van der Waals surface area contributed by atoms with Gasteiger partial charge in [-0.1, -0.05) is 37.3 Å². The molecule has 1 saturated heterocycles. The Hall–Kier alpha value is -3.74. The highest BCUT2D eigenvalue weighted by molar-refractivity contribution is 6.01. The lowest BCUT2D eigenvalue weighted by atomic mass is 10.1. The van der Waals surface area contributed by atoms with Crippen molar-refractivity contribution in [1.29, 1.82) is 0 Å². The summed E-state index contributed by atoms with van der Waals surface area (Å²) >= 11 is 0. The lowest BCUT2D eigenvalue weighted by Gasteiger charge is -2.24. The molecule has 2 aromatic carbocycles. The normalized spacial score (nSPS) is 15.6. The Bertz CT molecular complexity index is 1160. The molecule has 2 amide bonds. The molecule has 2 heterocycles. The highest BCUT2D eigenvalue weighted by atomic mass is 16.2. The molecule has 3 aromatic rings. The van der Waals surface area contributed by atoms with Gasteiger partial charge in [-0.15, -0.1) is 0 Å². The van der Waals surface area contributed by atoms with E-state index in [-0.39, 0.29) is 17.4 Å². The second-order valence-electron chi connectivity index (χ2n) is 7.53. The van der Waals surface area contributed by atoms with Crippen molar-refractivity contribution < 1.29 is 9.59 Å². The van der Waals surface area contributed by atoms with Crippen LogP contribution < -0.4 is 10.9 Å². The Morgan fingerprint density at radius 3 is 2.71 bits per heavy atom. The average molecular weight is 416 g/mol. The summed E-state index contributed by atoms with van der Waals surface area (Å²) in [5.74, 6) is 0.107. The fourth-order valence-corrected chi connectivity index (χ4v) is 3.82. The minimum atomic E-state index is -0.516. The van der Waals surface area contributed by atoms with E-state index < -0.39 is 6.04 Å². The number of H-pyrrole nitrogens is 1. The van der Waals surface area contributed by atoms with Gasteiger partial charge in [0, 0.05) is 35.1 Å². The number of benzene rings is 2. The van der Waals surface area contributed by atoms with Crippen LogP contribution in [0.5, 0.6) is 0 Å². The van der Waals surface area contributed by atoms with Crippen molar-refractivity contribution in [2.24, 2.45) is 0 Å². The Morgan fingerprint density at radius 1 is 1.13 bits per heavy atom. The first kappa shape index (κ1) is 20.5. The maximum atomic E-state index is 13.0. The zero-order valence-electron chi connectivity index (χ0n) is 17.3. The van der Waals surface area contributed by atoms with Gasteiger partial charge < -0.3 is 15.2 Å². The Balaban J connectivity index is 1.52. The summed E-state index contributed by atoms with van der Waals surface area (Å²) in [5, 5.41) is 2.92. The maximum Gasteiger partial charge on any atom is 0.254 e. The van der Waals surface area contributed by atoms with Crippen molar-refractivity contribution in [1.82, 2.24) is 14.9 Å². The van der Waals surface area contributed by atoms with Crippen LogP contribution in [0.25, 0.3) is 11.4 Å². The summed E-state index contributed by atoms with van der Waals surface area (Å²) < 4.78 is 0. The zero-order chi connectivity index (χ0) is 21.8. The highest BCUT2D eigenvalue weighted by Crippen LogP contribution is 2.23. The second kappa shape index (κ2) is 8.95. The number of aryl methyl sites for hydroxylation is 1. The molecule has 7 nitrogen and oxygen atoms in total. The molecule has 0 aliphatic carbocycles. The number of carbonyl (C=O) groups excluding carboxylic acids is 2. The van der Waals surface area contributed by atoms with Gasteiger partial charge in [0.15, 0.2) is 0 Å². The van der Waals surface area contributed by atoms with Crippen LogP contribution in [-0.2, 0) is 11.2 Å².